The van der Waals surface area contributed by atoms with Gasteiger partial charge in [-0.15, -0.1) is 0 Å². The predicted molar refractivity (Wildman–Crippen MR) is 137 cm³/mol. The second kappa shape index (κ2) is 8.31. The quantitative estimate of drug-likeness (QED) is 0.377. The van der Waals surface area contributed by atoms with Crippen molar-refractivity contribution in [2.24, 2.45) is 5.92 Å². The molecule has 4 nitrogen and oxygen atoms in total. The summed E-state index contributed by atoms with van der Waals surface area (Å²) in [6.07, 6.45) is 11.0. The Balaban J connectivity index is 1.60. The summed E-state index contributed by atoms with van der Waals surface area (Å²) in [4.78, 5) is 9.53. The molecule has 0 amide bonds. The minimum atomic E-state index is 0.148. The highest BCUT2D eigenvalue weighted by Crippen LogP contribution is 2.47. The Bertz CT molecular complexity index is 1500. The van der Waals surface area contributed by atoms with Crippen LogP contribution in [0.4, 0.5) is 0 Å². The minimum Gasteiger partial charge on any atom is -0.507 e. The van der Waals surface area contributed by atoms with Crippen molar-refractivity contribution < 1.29 is 9.84 Å². The van der Waals surface area contributed by atoms with Gasteiger partial charge in [-0.1, -0.05) is 72.8 Å². The third-order valence-corrected chi connectivity index (χ3v) is 6.59. The van der Waals surface area contributed by atoms with Crippen LogP contribution >= 0.6 is 0 Å². The highest BCUT2D eigenvalue weighted by molar-refractivity contribution is 5.99. The van der Waals surface area contributed by atoms with Crippen LogP contribution in [0, 0.1) is 5.92 Å². The van der Waals surface area contributed by atoms with E-state index < -0.39 is 0 Å². The Kier molecular flexibility index (Phi) is 4.99. The number of hydrogen-bond acceptors (Lipinski definition) is 4. The summed E-state index contributed by atoms with van der Waals surface area (Å²) in [6, 6.07) is 22.0. The number of allylic oxidation sites excluding steroid dienone is 5. The third kappa shape index (κ3) is 3.39. The molecule has 2 unspecified atom stereocenters. The molecule has 0 aliphatic heterocycles. The Hall–Kier alpha value is -4.18. The summed E-state index contributed by atoms with van der Waals surface area (Å²) in [6.45, 7) is 2.44. The van der Waals surface area contributed by atoms with Crippen molar-refractivity contribution in [2.45, 2.75) is 12.8 Å². The number of rotatable bonds is 4. The molecule has 2 atom stereocenters. The Morgan fingerprint density at radius 3 is 2.53 bits per heavy atom. The van der Waals surface area contributed by atoms with Crippen LogP contribution in [0.2, 0.25) is 0 Å². The summed E-state index contributed by atoms with van der Waals surface area (Å²) in [5, 5.41) is 12.9. The first-order chi connectivity index (χ1) is 16.7. The molecule has 0 spiro atoms. The van der Waals surface area contributed by atoms with Gasteiger partial charge in [-0.25, -0.2) is 4.98 Å². The van der Waals surface area contributed by atoms with Gasteiger partial charge in [-0.3, -0.25) is 0 Å². The zero-order valence-electron chi connectivity index (χ0n) is 18.8. The van der Waals surface area contributed by atoms with Crippen molar-refractivity contribution in [3.05, 3.63) is 108 Å². The van der Waals surface area contributed by atoms with Crippen LogP contribution < -0.4 is 4.74 Å². The van der Waals surface area contributed by atoms with Gasteiger partial charge in [-0.2, -0.15) is 4.98 Å². The normalized spacial score (nSPS) is 18.3. The molecule has 1 heterocycles. The van der Waals surface area contributed by atoms with Gasteiger partial charge >= 0.3 is 0 Å². The number of nitrogens with zero attached hydrogens (tertiary/aromatic N) is 2. The molecule has 2 aliphatic rings. The van der Waals surface area contributed by atoms with E-state index in [2.05, 4.69) is 71.8 Å². The number of ether oxygens (including phenoxy) is 1. The van der Waals surface area contributed by atoms with E-state index in [1.807, 2.05) is 25.1 Å². The lowest BCUT2D eigenvalue weighted by Crippen LogP contribution is -2.19. The SMILES string of the molecule is CCOc1cc(C2=Cc3c(ccc4ccccc34)C3C=CC=CC23)nc(-c2ccccc2O)n1. The van der Waals surface area contributed by atoms with Gasteiger partial charge in [0, 0.05) is 17.9 Å². The van der Waals surface area contributed by atoms with Crippen molar-refractivity contribution in [3.8, 4) is 23.0 Å². The molecular weight excluding hydrogens is 420 g/mol. The Morgan fingerprint density at radius 2 is 1.68 bits per heavy atom. The molecule has 0 saturated heterocycles. The third-order valence-electron chi connectivity index (χ3n) is 6.59. The van der Waals surface area contributed by atoms with Gasteiger partial charge in [0.15, 0.2) is 5.82 Å². The molecule has 4 heteroatoms. The monoisotopic (exact) mass is 444 g/mol. The smallest absolute Gasteiger partial charge is 0.217 e. The van der Waals surface area contributed by atoms with Crippen LogP contribution in [0.25, 0.3) is 33.8 Å². The number of aromatic hydroxyl groups is 1. The van der Waals surface area contributed by atoms with Gasteiger partial charge in [0.25, 0.3) is 0 Å². The molecule has 3 aromatic carbocycles. The summed E-state index contributed by atoms with van der Waals surface area (Å²) < 4.78 is 5.82. The highest BCUT2D eigenvalue weighted by Gasteiger charge is 2.32. The highest BCUT2D eigenvalue weighted by atomic mass is 16.5. The summed E-state index contributed by atoms with van der Waals surface area (Å²) in [5.74, 6) is 1.48. The number of aromatic nitrogens is 2. The second-order valence-corrected chi connectivity index (χ2v) is 8.58. The lowest BCUT2D eigenvalue weighted by molar-refractivity contribution is 0.326. The first-order valence-corrected chi connectivity index (χ1v) is 11.6. The number of phenols is 1. The van der Waals surface area contributed by atoms with Gasteiger partial charge in [-0.05, 0) is 52.6 Å². The lowest BCUT2D eigenvalue weighted by Gasteiger charge is -2.33. The lowest BCUT2D eigenvalue weighted by atomic mass is 9.71. The van der Waals surface area contributed by atoms with Gasteiger partial charge < -0.3 is 9.84 Å². The van der Waals surface area contributed by atoms with Crippen LogP contribution in [0.3, 0.4) is 0 Å². The Morgan fingerprint density at radius 1 is 0.882 bits per heavy atom. The van der Waals surface area contributed by atoms with Gasteiger partial charge in [0.05, 0.1) is 17.9 Å². The Labute approximate surface area is 198 Å². The van der Waals surface area contributed by atoms with Crippen molar-refractivity contribution >= 4 is 22.4 Å². The van der Waals surface area contributed by atoms with Crippen LogP contribution in [-0.2, 0) is 0 Å². The predicted octanol–water partition coefficient (Wildman–Crippen LogP) is 6.78. The van der Waals surface area contributed by atoms with Gasteiger partial charge in [0.1, 0.15) is 5.75 Å². The van der Waals surface area contributed by atoms with E-state index in [-0.39, 0.29) is 17.6 Å². The molecule has 1 aromatic heterocycles. The van der Waals surface area contributed by atoms with E-state index in [1.165, 1.54) is 21.9 Å². The molecule has 0 radical (unpaired) electrons. The molecule has 6 rings (SSSR count). The standard InChI is InChI=1S/C30H24N2O2/c1-2-34-29-18-27(31-30(32-29)24-13-7-8-14-28(24)33)26-17-25-20-10-4-3-9-19(20)15-16-23(25)21-11-5-6-12-22(21)26/h3-18,21-22,33H,2H2,1H3. The zero-order valence-corrected chi connectivity index (χ0v) is 18.8. The number of benzene rings is 3. The summed E-state index contributed by atoms with van der Waals surface area (Å²) >= 11 is 0. The largest absolute Gasteiger partial charge is 0.507 e. The maximum absolute atomic E-state index is 10.5. The second-order valence-electron chi connectivity index (χ2n) is 8.58. The first-order valence-electron chi connectivity index (χ1n) is 11.6. The minimum absolute atomic E-state index is 0.148. The van der Waals surface area contributed by atoms with Gasteiger partial charge in [0.2, 0.25) is 5.88 Å². The number of fused-ring (bicyclic) bond motifs is 5. The van der Waals surface area contributed by atoms with Crippen molar-refractivity contribution in [2.75, 3.05) is 6.61 Å². The molecule has 166 valence electrons. The van der Waals surface area contributed by atoms with E-state index in [1.54, 1.807) is 12.1 Å². The number of phenolic OH excluding ortho intramolecular Hbond substituents is 1. The van der Waals surface area contributed by atoms with E-state index in [4.69, 9.17) is 9.72 Å². The first kappa shape index (κ1) is 20.4. The van der Waals surface area contributed by atoms with E-state index in [9.17, 15) is 5.11 Å². The molecule has 0 bridgehead atoms. The van der Waals surface area contributed by atoms with Crippen LogP contribution in [0.15, 0.2) is 91.0 Å². The maximum Gasteiger partial charge on any atom is 0.217 e. The average Bonchev–Trinajstić information content (AvgIpc) is 2.88. The number of para-hydroxylation sites is 1. The molecule has 34 heavy (non-hydrogen) atoms. The zero-order chi connectivity index (χ0) is 23.1. The van der Waals surface area contributed by atoms with E-state index in [0.29, 0.717) is 23.9 Å². The summed E-state index contributed by atoms with van der Waals surface area (Å²) in [5.41, 5.74) is 5.07. The van der Waals surface area contributed by atoms with E-state index >= 15 is 0 Å². The fraction of sp³-hybridized carbons (Fsp3) is 0.133. The van der Waals surface area contributed by atoms with Crippen molar-refractivity contribution in [1.29, 1.82) is 0 Å². The molecule has 4 aromatic rings. The molecule has 0 saturated carbocycles. The fourth-order valence-electron chi connectivity index (χ4n) is 5.04. The van der Waals surface area contributed by atoms with Crippen LogP contribution in [0.5, 0.6) is 11.6 Å². The number of hydrogen-bond donors (Lipinski definition) is 1. The van der Waals surface area contributed by atoms with Crippen LogP contribution in [0.1, 0.15) is 29.7 Å². The molecular formula is C30H24N2O2. The average molecular weight is 445 g/mol. The van der Waals surface area contributed by atoms with E-state index in [0.717, 1.165) is 11.3 Å². The molecule has 0 fully saturated rings. The summed E-state index contributed by atoms with van der Waals surface area (Å²) in [7, 11) is 0. The maximum atomic E-state index is 10.5. The van der Waals surface area contributed by atoms with Crippen molar-refractivity contribution in [3.63, 3.8) is 0 Å². The molecule has 2 aliphatic carbocycles. The fourth-order valence-corrected chi connectivity index (χ4v) is 5.04. The van der Waals surface area contributed by atoms with Crippen molar-refractivity contribution in [1.82, 2.24) is 9.97 Å². The molecule has 1 N–H and O–H groups in total. The van der Waals surface area contributed by atoms with Crippen LogP contribution in [-0.4, -0.2) is 21.7 Å². The topological polar surface area (TPSA) is 55.2 Å².